The van der Waals surface area contributed by atoms with Gasteiger partial charge in [0.05, 0.1) is 0 Å². The number of aliphatic carboxylic acids is 1. The lowest BCUT2D eigenvalue weighted by atomic mass is 9.94. The number of amides is 1. The quantitative estimate of drug-likeness (QED) is 0.779. The molecule has 2 aromatic rings. The van der Waals surface area contributed by atoms with Gasteiger partial charge >= 0.3 is 5.97 Å². The van der Waals surface area contributed by atoms with E-state index in [0.717, 1.165) is 6.08 Å². The fraction of sp³-hybridized carbons (Fsp3) is 0. The fourth-order valence-corrected chi connectivity index (χ4v) is 2.36. The topological polar surface area (TPSA) is 66.4 Å². The molecule has 1 aliphatic rings. The van der Waals surface area contributed by atoms with Crippen LogP contribution in [0.3, 0.4) is 0 Å². The molecule has 2 N–H and O–H groups in total. The van der Waals surface area contributed by atoms with Gasteiger partial charge in [0, 0.05) is 22.9 Å². The molecule has 1 heterocycles. The fourth-order valence-electron chi connectivity index (χ4n) is 2.36. The lowest BCUT2D eigenvalue weighted by molar-refractivity contribution is -0.131. The van der Waals surface area contributed by atoms with Crippen LogP contribution in [0.25, 0.3) is 5.57 Å². The summed E-state index contributed by atoms with van der Waals surface area (Å²) < 4.78 is 0. The van der Waals surface area contributed by atoms with E-state index in [1.54, 1.807) is 42.5 Å². The van der Waals surface area contributed by atoms with Crippen molar-refractivity contribution in [2.45, 2.75) is 0 Å². The zero-order chi connectivity index (χ0) is 14.1. The molecule has 0 atom stereocenters. The van der Waals surface area contributed by atoms with Crippen LogP contribution in [0.15, 0.2) is 54.6 Å². The monoisotopic (exact) mass is 265 g/mol. The first kappa shape index (κ1) is 12.2. The summed E-state index contributed by atoms with van der Waals surface area (Å²) in [5.74, 6) is -1.28. The van der Waals surface area contributed by atoms with E-state index in [1.165, 1.54) is 0 Å². The number of carboxylic acid groups (broad SMARTS) is 1. The SMILES string of the molecule is O=C(O)/C=C1/c2ccccc2NC(=O)c2ccccc21. The number of hydrogen-bond acceptors (Lipinski definition) is 2. The Kier molecular flexibility index (Phi) is 2.84. The lowest BCUT2D eigenvalue weighted by Gasteiger charge is -2.09. The molecule has 4 heteroatoms. The van der Waals surface area contributed by atoms with E-state index in [4.69, 9.17) is 5.11 Å². The maximum absolute atomic E-state index is 12.2. The van der Waals surface area contributed by atoms with E-state index in [9.17, 15) is 9.59 Å². The van der Waals surface area contributed by atoms with Crippen LogP contribution in [0.2, 0.25) is 0 Å². The van der Waals surface area contributed by atoms with Gasteiger partial charge in [0.25, 0.3) is 5.91 Å². The van der Waals surface area contributed by atoms with Gasteiger partial charge in [-0.25, -0.2) is 4.79 Å². The molecule has 0 fully saturated rings. The summed E-state index contributed by atoms with van der Waals surface area (Å²) in [5.41, 5.74) is 2.94. The van der Waals surface area contributed by atoms with E-state index in [0.29, 0.717) is 28.0 Å². The number of carbonyl (C=O) groups is 2. The number of anilines is 1. The molecule has 0 spiro atoms. The molecule has 3 rings (SSSR count). The molecule has 0 bridgehead atoms. The van der Waals surface area contributed by atoms with Crippen molar-refractivity contribution in [1.29, 1.82) is 0 Å². The number of carbonyl (C=O) groups excluding carboxylic acids is 1. The van der Waals surface area contributed by atoms with Crippen LogP contribution < -0.4 is 5.32 Å². The van der Waals surface area contributed by atoms with Crippen molar-refractivity contribution >= 4 is 23.1 Å². The van der Waals surface area contributed by atoms with Gasteiger partial charge in [-0.1, -0.05) is 36.4 Å². The molecule has 0 saturated heterocycles. The summed E-state index contributed by atoms with van der Waals surface area (Å²) in [5, 5.41) is 11.9. The second-order valence-corrected chi connectivity index (χ2v) is 4.44. The number of rotatable bonds is 1. The molecule has 20 heavy (non-hydrogen) atoms. The normalized spacial score (nSPS) is 15.0. The number of carboxylic acids is 1. The molecule has 1 aliphatic heterocycles. The van der Waals surface area contributed by atoms with Gasteiger partial charge in [-0.2, -0.15) is 0 Å². The van der Waals surface area contributed by atoms with Crippen molar-refractivity contribution in [2.75, 3.05) is 5.32 Å². The zero-order valence-electron chi connectivity index (χ0n) is 10.5. The van der Waals surface area contributed by atoms with Crippen LogP contribution in [0.4, 0.5) is 5.69 Å². The molecular formula is C16H11NO3. The van der Waals surface area contributed by atoms with Gasteiger partial charge < -0.3 is 10.4 Å². The Morgan fingerprint density at radius 1 is 0.950 bits per heavy atom. The number of para-hydroxylation sites is 1. The van der Waals surface area contributed by atoms with Crippen LogP contribution in [-0.4, -0.2) is 17.0 Å². The third-order valence-corrected chi connectivity index (χ3v) is 3.20. The smallest absolute Gasteiger partial charge is 0.328 e. The van der Waals surface area contributed by atoms with Crippen molar-refractivity contribution in [1.82, 2.24) is 0 Å². The van der Waals surface area contributed by atoms with Crippen molar-refractivity contribution in [2.24, 2.45) is 0 Å². The van der Waals surface area contributed by atoms with Crippen molar-refractivity contribution in [3.05, 3.63) is 71.3 Å². The highest BCUT2D eigenvalue weighted by Gasteiger charge is 2.22. The Bertz CT molecular complexity index is 747. The summed E-state index contributed by atoms with van der Waals surface area (Å²) in [6, 6.07) is 14.2. The highest BCUT2D eigenvalue weighted by molar-refractivity contribution is 6.14. The molecule has 0 aliphatic carbocycles. The molecule has 2 aromatic carbocycles. The van der Waals surface area contributed by atoms with Crippen LogP contribution in [0.5, 0.6) is 0 Å². The largest absolute Gasteiger partial charge is 0.478 e. The summed E-state index contributed by atoms with van der Waals surface area (Å²) in [4.78, 5) is 23.3. The Morgan fingerprint density at radius 3 is 2.25 bits per heavy atom. The first-order chi connectivity index (χ1) is 9.66. The molecule has 98 valence electrons. The Balaban J connectivity index is 2.35. The van der Waals surface area contributed by atoms with Crippen molar-refractivity contribution < 1.29 is 14.7 Å². The van der Waals surface area contributed by atoms with Crippen LogP contribution in [-0.2, 0) is 4.79 Å². The molecule has 1 amide bonds. The minimum Gasteiger partial charge on any atom is -0.478 e. The maximum Gasteiger partial charge on any atom is 0.328 e. The molecular weight excluding hydrogens is 254 g/mol. The van der Waals surface area contributed by atoms with Crippen LogP contribution in [0, 0.1) is 0 Å². The highest BCUT2D eigenvalue weighted by atomic mass is 16.4. The van der Waals surface area contributed by atoms with Gasteiger partial charge in [0.1, 0.15) is 0 Å². The second kappa shape index (κ2) is 4.66. The average Bonchev–Trinajstić information content (AvgIpc) is 2.55. The van der Waals surface area contributed by atoms with Gasteiger partial charge in [-0.15, -0.1) is 0 Å². The molecule has 0 aromatic heterocycles. The third kappa shape index (κ3) is 1.97. The van der Waals surface area contributed by atoms with Crippen molar-refractivity contribution in [3.8, 4) is 0 Å². The number of benzene rings is 2. The van der Waals surface area contributed by atoms with E-state index in [1.807, 2.05) is 6.07 Å². The highest BCUT2D eigenvalue weighted by Crippen LogP contribution is 2.34. The Hall–Kier alpha value is -2.88. The zero-order valence-corrected chi connectivity index (χ0v) is 10.5. The first-order valence-corrected chi connectivity index (χ1v) is 6.11. The van der Waals surface area contributed by atoms with Crippen LogP contribution in [0.1, 0.15) is 21.5 Å². The van der Waals surface area contributed by atoms with E-state index < -0.39 is 5.97 Å². The van der Waals surface area contributed by atoms with Gasteiger partial charge in [-0.05, 0) is 23.3 Å². The van der Waals surface area contributed by atoms with Crippen LogP contribution >= 0.6 is 0 Å². The maximum atomic E-state index is 12.2. The minimum atomic E-state index is -1.04. The number of fused-ring (bicyclic) bond motifs is 2. The average molecular weight is 265 g/mol. The summed E-state index contributed by atoms with van der Waals surface area (Å²) in [6.45, 7) is 0. The van der Waals surface area contributed by atoms with Gasteiger partial charge in [-0.3, -0.25) is 4.79 Å². The first-order valence-electron chi connectivity index (χ1n) is 6.11. The summed E-state index contributed by atoms with van der Waals surface area (Å²) in [6.07, 6.45) is 1.14. The molecule has 0 radical (unpaired) electrons. The predicted octanol–water partition coefficient (Wildman–Crippen LogP) is 2.77. The van der Waals surface area contributed by atoms with E-state index in [2.05, 4.69) is 5.32 Å². The molecule has 4 nitrogen and oxygen atoms in total. The third-order valence-electron chi connectivity index (χ3n) is 3.20. The van der Waals surface area contributed by atoms with E-state index in [-0.39, 0.29) is 5.91 Å². The Morgan fingerprint density at radius 2 is 1.55 bits per heavy atom. The molecule has 0 saturated carbocycles. The standard InChI is InChI=1S/C16H11NO3/c18-15(19)9-13-10-5-1-2-7-12(10)16(20)17-14-8-4-3-6-11(13)14/h1-9H,(H,17,20)(H,18,19)/b13-9+. The lowest BCUT2D eigenvalue weighted by Crippen LogP contribution is -2.11. The Labute approximate surface area is 115 Å². The van der Waals surface area contributed by atoms with E-state index >= 15 is 0 Å². The summed E-state index contributed by atoms with van der Waals surface area (Å²) >= 11 is 0. The number of nitrogens with one attached hydrogen (secondary N) is 1. The van der Waals surface area contributed by atoms with Gasteiger partial charge in [0.2, 0.25) is 0 Å². The van der Waals surface area contributed by atoms with Gasteiger partial charge in [0.15, 0.2) is 0 Å². The summed E-state index contributed by atoms with van der Waals surface area (Å²) in [7, 11) is 0. The molecule has 0 unspecified atom stereocenters. The number of hydrogen-bond donors (Lipinski definition) is 2. The van der Waals surface area contributed by atoms with Crippen molar-refractivity contribution in [3.63, 3.8) is 0 Å². The minimum absolute atomic E-state index is 0.234. The second-order valence-electron chi connectivity index (χ2n) is 4.44. The predicted molar refractivity (Wildman–Crippen MR) is 75.6 cm³/mol.